The minimum atomic E-state index is 0.504. The number of benzene rings is 1. The summed E-state index contributed by atoms with van der Waals surface area (Å²) < 4.78 is 0. The zero-order valence-corrected chi connectivity index (χ0v) is 13.4. The molecule has 0 aromatic heterocycles. The van der Waals surface area contributed by atoms with Crippen LogP contribution in [0, 0.1) is 19.8 Å². The van der Waals surface area contributed by atoms with Crippen LogP contribution in [0.3, 0.4) is 0 Å². The van der Waals surface area contributed by atoms with Crippen molar-refractivity contribution < 1.29 is 0 Å². The molecule has 0 unspecified atom stereocenters. The predicted octanol–water partition coefficient (Wildman–Crippen LogP) is 3.67. The summed E-state index contributed by atoms with van der Waals surface area (Å²) >= 11 is 5.37. The van der Waals surface area contributed by atoms with E-state index in [1.54, 1.807) is 0 Å². The topological polar surface area (TPSA) is 36.1 Å². The highest BCUT2D eigenvalue weighted by Gasteiger charge is 2.21. The van der Waals surface area contributed by atoms with E-state index in [0.29, 0.717) is 17.1 Å². The minimum Gasteiger partial charge on any atom is -0.358 e. The van der Waals surface area contributed by atoms with Crippen molar-refractivity contribution in [3.05, 3.63) is 29.3 Å². The van der Waals surface area contributed by atoms with Gasteiger partial charge in [-0.1, -0.05) is 25.8 Å². The maximum Gasteiger partial charge on any atom is 0.185 e. The van der Waals surface area contributed by atoms with Crippen LogP contribution in [0.2, 0.25) is 0 Å². The third kappa shape index (κ3) is 4.37. The van der Waals surface area contributed by atoms with Gasteiger partial charge in [-0.2, -0.15) is 0 Å². The lowest BCUT2D eigenvalue weighted by atomic mass is 9.86. The van der Waals surface area contributed by atoms with E-state index in [1.165, 1.54) is 36.8 Å². The van der Waals surface area contributed by atoms with Gasteiger partial charge in [-0.05, 0) is 68.1 Å². The van der Waals surface area contributed by atoms with Crippen molar-refractivity contribution in [3.8, 4) is 0 Å². The summed E-state index contributed by atoms with van der Waals surface area (Å²) in [5, 5.41) is 4.11. The lowest BCUT2D eigenvalue weighted by Crippen LogP contribution is -2.47. The average molecular weight is 291 g/mol. The predicted molar refractivity (Wildman–Crippen MR) is 89.8 cm³/mol. The smallest absolute Gasteiger partial charge is 0.185 e. The van der Waals surface area contributed by atoms with E-state index >= 15 is 0 Å². The van der Waals surface area contributed by atoms with Gasteiger partial charge in [0.25, 0.3) is 0 Å². The first kappa shape index (κ1) is 15.1. The molecule has 1 fully saturated rings. The van der Waals surface area contributed by atoms with Gasteiger partial charge in [0.05, 0.1) is 5.69 Å². The van der Waals surface area contributed by atoms with Crippen LogP contribution in [0.25, 0.3) is 0 Å². The normalized spacial score (nSPS) is 22.1. The average Bonchev–Trinajstić information content (AvgIpc) is 2.38. The SMILES string of the molecule is Cc1cc(C)cc(NNC(=S)N[C@H]2CCCC[C@H]2C)c1. The fourth-order valence-corrected chi connectivity index (χ4v) is 3.11. The van der Waals surface area contributed by atoms with E-state index in [1.807, 2.05) is 0 Å². The Hall–Kier alpha value is -1.29. The number of anilines is 1. The van der Waals surface area contributed by atoms with Gasteiger partial charge < -0.3 is 5.32 Å². The van der Waals surface area contributed by atoms with Gasteiger partial charge in [0.2, 0.25) is 0 Å². The van der Waals surface area contributed by atoms with Crippen molar-refractivity contribution in [1.29, 1.82) is 0 Å². The van der Waals surface area contributed by atoms with Gasteiger partial charge in [0.1, 0.15) is 0 Å². The van der Waals surface area contributed by atoms with E-state index < -0.39 is 0 Å². The second-order valence-electron chi connectivity index (χ2n) is 5.97. The number of thiocarbonyl (C=S) groups is 1. The van der Waals surface area contributed by atoms with Gasteiger partial charge in [-0.15, -0.1) is 0 Å². The van der Waals surface area contributed by atoms with Gasteiger partial charge in [0, 0.05) is 6.04 Å². The van der Waals surface area contributed by atoms with Crippen LogP contribution in [0.5, 0.6) is 0 Å². The molecule has 3 N–H and O–H groups in total. The molecule has 4 heteroatoms. The quantitative estimate of drug-likeness (QED) is 0.586. The van der Waals surface area contributed by atoms with Gasteiger partial charge in [-0.3, -0.25) is 10.9 Å². The molecule has 110 valence electrons. The number of hydrogen-bond donors (Lipinski definition) is 3. The zero-order valence-electron chi connectivity index (χ0n) is 12.6. The van der Waals surface area contributed by atoms with E-state index in [2.05, 4.69) is 55.1 Å². The van der Waals surface area contributed by atoms with E-state index in [9.17, 15) is 0 Å². The highest BCUT2D eigenvalue weighted by atomic mass is 32.1. The van der Waals surface area contributed by atoms with Gasteiger partial charge in [-0.25, -0.2) is 0 Å². The summed E-state index contributed by atoms with van der Waals surface area (Å²) in [5.41, 5.74) is 9.80. The summed E-state index contributed by atoms with van der Waals surface area (Å²) in [6.07, 6.45) is 5.16. The Labute approximate surface area is 127 Å². The molecule has 1 saturated carbocycles. The Balaban J connectivity index is 1.82. The standard InChI is InChI=1S/C16H25N3S/c1-11-8-12(2)10-14(9-11)18-19-16(20)17-15-7-5-4-6-13(15)3/h8-10,13,15,18H,4-7H2,1-3H3,(H2,17,19,20)/t13-,15+/m1/s1. The Bertz CT molecular complexity index is 453. The van der Waals surface area contributed by atoms with E-state index in [4.69, 9.17) is 12.2 Å². The molecule has 1 aliphatic rings. The highest BCUT2D eigenvalue weighted by Crippen LogP contribution is 2.23. The van der Waals surface area contributed by atoms with Crippen LogP contribution in [-0.2, 0) is 0 Å². The maximum atomic E-state index is 5.37. The molecule has 0 bridgehead atoms. The van der Waals surface area contributed by atoms with Crippen molar-refractivity contribution in [3.63, 3.8) is 0 Å². The molecular formula is C16H25N3S. The maximum absolute atomic E-state index is 5.37. The summed E-state index contributed by atoms with van der Waals surface area (Å²) in [4.78, 5) is 0. The summed E-state index contributed by atoms with van der Waals surface area (Å²) in [6, 6.07) is 6.87. The molecule has 1 aromatic carbocycles. The Morgan fingerprint density at radius 2 is 1.75 bits per heavy atom. The summed E-state index contributed by atoms with van der Waals surface area (Å²) in [7, 11) is 0. The first-order chi connectivity index (χ1) is 9.54. The van der Waals surface area contributed by atoms with Gasteiger partial charge in [0.15, 0.2) is 5.11 Å². The van der Waals surface area contributed by atoms with Crippen LogP contribution in [0.4, 0.5) is 5.69 Å². The van der Waals surface area contributed by atoms with Crippen molar-refractivity contribution in [2.45, 2.75) is 52.5 Å². The monoisotopic (exact) mass is 291 g/mol. The molecule has 0 radical (unpaired) electrons. The van der Waals surface area contributed by atoms with Crippen molar-refractivity contribution in [2.24, 2.45) is 5.92 Å². The molecule has 20 heavy (non-hydrogen) atoms. The molecule has 3 nitrogen and oxygen atoms in total. The molecule has 1 aliphatic carbocycles. The first-order valence-electron chi connectivity index (χ1n) is 7.45. The molecule has 2 atom stereocenters. The fourth-order valence-electron chi connectivity index (χ4n) is 2.91. The number of nitrogens with one attached hydrogen (secondary N) is 3. The van der Waals surface area contributed by atoms with Crippen LogP contribution < -0.4 is 16.2 Å². The molecule has 0 amide bonds. The number of hydrazine groups is 1. The molecule has 0 heterocycles. The largest absolute Gasteiger partial charge is 0.358 e. The lowest BCUT2D eigenvalue weighted by molar-refractivity contribution is 0.308. The fraction of sp³-hybridized carbons (Fsp3) is 0.562. The van der Waals surface area contributed by atoms with Crippen molar-refractivity contribution in [2.75, 3.05) is 5.43 Å². The molecule has 0 spiro atoms. The third-order valence-corrected chi connectivity index (χ3v) is 4.19. The Morgan fingerprint density at radius 3 is 2.40 bits per heavy atom. The molecule has 2 rings (SSSR count). The van der Waals surface area contributed by atoms with E-state index in [-0.39, 0.29) is 0 Å². The van der Waals surface area contributed by atoms with Crippen LogP contribution in [0.1, 0.15) is 43.7 Å². The summed E-state index contributed by atoms with van der Waals surface area (Å²) in [6.45, 7) is 6.49. The lowest BCUT2D eigenvalue weighted by Gasteiger charge is -2.30. The van der Waals surface area contributed by atoms with Crippen molar-refractivity contribution in [1.82, 2.24) is 10.7 Å². The van der Waals surface area contributed by atoms with Crippen LogP contribution in [-0.4, -0.2) is 11.2 Å². The number of rotatable bonds is 3. The second-order valence-corrected chi connectivity index (χ2v) is 6.38. The number of hydrogen-bond acceptors (Lipinski definition) is 2. The summed E-state index contributed by atoms with van der Waals surface area (Å²) in [5.74, 6) is 0.699. The Morgan fingerprint density at radius 1 is 1.10 bits per heavy atom. The molecule has 0 saturated heterocycles. The van der Waals surface area contributed by atoms with Crippen LogP contribution in [0.15, 0.2) is 18.2 Å². The molecule has 1 aromatic rings. The van der Waals surface area contributed by atoms with Crippen molar-refractivity contribution >= 4 is 23.0 Å². The van der Waals surface area contributed by atoms with Gasteiger partial charge >= 0.3 is 0 Å². The third-order valence-electron chi connectivity index (χ3n) is 3.97. The zero-order chi connectivity index (χ0) is 14.5. The highest BCUT2D eigenvalue weighted by molar-refractivity contribution is 7.80. The minimum absolute atomic E-state index is 0.504. The number of aryl methyl sites for hydroxylation is 2. The Kier molecular flexibility index (Phi) is 5.24. The second kappa shape index (κ2) is 6.93. The van der Waals surface area contributed by atoms with E-state index in [0.717, 1.165) is 5.69 Å². The molecular weight excluding hydrogens is 266 g/mol. The van der Waals surface area contributed by atoms with Crippen LogP contribution >= 0.6 is 12.2 Å². The first-order valence-corrected chi connectivity index (χ1v) is 7.86. The molecule has 0 aliphatic heterocycles.